The summed E-state index contributed by atoms with van der Waals surface area (Å²) in [4.78, 5) is 3.64. The minimum absolute atomic E-state index is 0.281. The second-order valence-electron chi connectivity index (χ2n) is 2.60. The predicted molar refractivity (Wildman–Crippen MR) is 50.2 cm³/mol. The Kier molecular flexibility index (Phi) is 2.37. The van der Waals surface area contributed by atoms with Crippen LogP contribution >= 0.6 is 11.6 Å². The second-order valence-corrected chi connectivity index (χ2v) is 2.98. The van der Waals surface area contributed by atoms with Crippen LogP contribution in [0.2, 0.25) is 5.15 Å². The molecular weight excluding hydrogens is 205 g/mol. The Morgan fingerprint density at radius 3 is 2.64 bits per heavy atom. The molecule has 0 saturated carbocycles. The first-order valence-corrected chi connectivity index (χ1v) is 4.24. The van der Waals surface area contributed by atoms with E-state index in [1.165, 1.54) is 12.3 Å². The van der Waals surface area contributed by atoms with Crippen molar-refractivity contribution in [2.75, 3.05) is 0 Å². The molecule has 0 aliphatic heterocycles. The molecule has 0 unspecified atom stereocenters. The van der Waals surface area contributed by atoms with Gasteiger partial charge >= 0.3 is 0 Å². The molecule has 2 rings (SSSR count). The molecule has 0 atom stereocenters. The summed E-state index contributed by atoms with van der Waals surface area (Å²) in [7, 11) is 0. The van der Waals surface area contributed by atoms with Crippen LogP contribution in [0.5, 0.6) is 0 Å². The van der Waals surface area contributed by atoms with Gasteiger partial charge in [-0.2, -0.15) is 0 Å². The number of nitrogens with zero attached hydrogens (tertiary/aromatic N) is 3. The standard InChI is InChI=1S/C9H5ClFN3/c10-9-2-1-8(13-14-9)6-3-4-12-5-7(6)11/h1-5H. The van der Waals surface area contributed by atoms with Crippen LogP contribution in [0.25, 0.3) is 11.3 Å². The van der Waals surface area contributed by atoms with Crippen LogP contribution < -0.4 is 0 Å². The zero-order chi connectivity index (χ0) is 9.97. The molecule has 5 heteroatoms. The van der Waals surface area contributed by atoms with Gasteiger partial charge in [-0.3, -0.25) is 4.98 Å². The topological polar surface area (TPSA) is 38.7 Å². The summed E-state index contributed by atoms with van der Waals surface area (Å²) in [5.41, 5.74) is 0.804. The van der Waals surface area contributed by atoms with E-state index < -0.39 is 5.82 Å². The van der Waals surface area contributed by atoms with Crippen LogP contribution in [0.4, 0.5) is 4.39 Å². The number of hydrogen-bond acceptors (Lipinski definition) is 3. The fraction of sp³-hybridized carbons (Fsp3) is 0. The van der Waals surface area contributed by atoms with Crippen molar-refractivity contribution in [2.45, 2.75) is 0 Å². The molecule has 0 radical (unpaired) electrons. The summed E-state index contributed by atoms with van der Waals surface area (Å²) >= 11 is 5.56. The van der Waals surface area contributed by atoms with Crippen LogP contribution in [-0.4, -0.2) is 15.2 Å². The lowest BCUT2D eigenvalue weighted by molar-refractivity contribution is 0.624. The van der Waals surface area contributed by atoms with Crippen molar-refractivity contribution >= 4 is 11.6 Å². The minimum atomic E-state index is -0.427. The molecule has 3 nitrogen and oxygen atoms in total. The molecule has 0 N–H and O–H groups in total. The molecule has 70 valence electrons. The maximum Gasteiger partial charge on any atom is 0.151 e. The highest BCUT2D eigenvalue weighted by molar-refractivity contribution is 6.29. The Morgan fingerprint density at radius 1 is 1.14 bits per heavy atom. The maximum atomic E-state index is 13.2. The van der Waals surface area contributed by atoms with E-state index in [0.717, 1.165) is 6.20 Å². The summed E-state index contributed by atoms with van der Waals surface area (Å²) in [6.45, 7) is 0. The Balaban J connectivity index is 2.50. The zero-order valence-electron chi connectivity index (χ0n) is 6.98. The van der Waals surface area contributed by atoms with Gasteiger partial charge in [-0.1, -0.05) is 11.6 Å². The first kappa shape index (κ1) is 9.02. The van der Waals surface area contributed by atoms with Gasteiger partial charge in [0.25, 0.3) is 0 Å². The average molecular weight is 210 g/mol. The van der Waals surface area contributed by atoms with E-state index in [-0.39, 0.29) is 5.15 Å². The smallest absolute Gasteiger partial charge is 0.151 e. The predicted octanol–water partition coefficient (Wildman–Crippen LogP) is 2.33. The highest BCUT2D eigenvalue weighted by atomic mass is 35.5. The highest BCUT2D eigenvalue weighted by Crippen LogP contribution is 2.19. The minimum Gasteiger partial charge on any atom is -0.262 e. The molecular formula is C9H5ClFN3. The van der Waals surface area contributed by atoms with E-state index in [9.17, 15) is 4.39 Å². The molecule has 0 aliphatic rings. The third-order valence-corrected chi connectivity index (χ3v) is 1.88. The average Bonchev–Trinajstić information content (AvgIpc) is 2.20. The lowest BCUT2D eigenvalue weighted by Crippen LogP contribution is -1.90. The fourth-order valence-electron chi connectivity index (χ4n) is 1.04. The van der Waals surface area contributed by atoms with Gasteiger partial charge in [0.1, 0.15) is 0 Å². The van der Waals surface area contributed by atoms with Crippen molar-refractivity contribution in [1.82, 2.24) is 15.2 Å². The molecule has 0 spiro atoms. The van der Waals surface area contributed by atoms with Crippen LogP contribution in [0, 0.1) is 5.82 Å². The lowest BCUT2D eigenvalue weighted by atomic mass is 10.2. The zero-order valence-corrected chi connectivity index (χ0v) is 7.74. The summed E-state index contributed by atoms with van der Waals surface area (Å²) < 4.78 is 13.2. The van der Waals surface area contributed by atoms with E-state index in [4.69, 9.17) is 11.6 Å². The van der Waals surface area contributed by atoms with Gasteiger partial charge in [0.05, 0.1) is 11.9 Å². The Hall–Kier alpha value is -1.55. The van der Waals surface area contributed by atoms with Gasteiger partial charge < -0.3 is 0 Å². The van der Waals surface area contributed by atoms with Gasteiger partial charge in [0.2, 0.25) is 0 Å². The number of rotatable bonds is 1. The SMILES string of the molecule is Fc1cnccc1-c1ccc(Cl)nn1. The van der Waals surface area contributed by atoms with Gasteiger partial charge in [-0.25, -0.2) is 4.39 Å². The van der Waals surface area contributed by atoms with Crippen molar-refractivity contribution in [1.29, 1.82) is 0 Å². The molecule has 2 aromatic rings. The molecule has 2 aromatic heterocycles. The number of pyridine rings is 1. The molecule has 0 aromatic carbocycles. The molecule has 14 heavy (non-hydrogen) atoms. The van der Waals surface area contributed by atoms with Crippen molar-refractivity contribution in [3.63, 3.8) is 0 Å². The molecule has 0 amide bonds. The highest BCUT2D eigenvalue weighted by Gasteiger charge is 2.05. The first-order chi connectivity index (χ1) is 6.77. The molecule has 0 aliphatic carbocycles. The fourth-order valence-corrected chi connectivity index (χ4v) is 1.14. The summed E-state index contributed by atoms with van der Waals surface area (Å²) in [6.07, 6.45) is 2.63. The van der Waals surface area contributed by atoms with Gasteiger partial charge in [-0.05, 0) is 18.2 Å². The number of hydrogen-bond donors (Lipinski definition) is 0. The van der Waals surface area contributed by atoms with Gasteiger partial charge in [0, 0.05) is 11.8 Å². The lowest BCUT2D eigenvalue weighted by Gasteiger charge is -1.99. The third kappa shape index (κ3) is 1.70. The largest absolute Gasteiger partial charge is 0.262 e. The Morgan fingerprint density at radius 2 is 2.00 bits per heavy atom. The van der Waals surface area contributed by atoms with Crippen molar-refractivity contribution in [2.24, 2.45) is 0 Å². The van der Waals surface area contributed by atoms with Crippen LogP contribution in [-0.2, 0) is 0 Å². The Labute approximate surface area is 84.6 Å². The molecule has 0 fully saturated rings. The number of aromatic nitrogens is 3. The van der Waals surface area contributed by atoms with Crippen LogP contribution in [0.15, 0.2) is 30.6 Å². The molecule has 2 heterocycles. The molecule has 0 saturated heterocycles. The van der Waals surface area contributed by atoms with E-state index in [1.807, 2.05) is 0 Å². The maximum absolute atomic E-state index is 13.2. The van der Waals surface area contributed by atoms with Gasteiger partial charge in [-0.15, -0.1) is 10.2 Å². The van der Waals surface area contributed by atoms with E-state index in [0.29, 0.717) is 11.3 Å². The van der Waals surface area contributed by atoms with Crippen LogP contribution in [0.1, 0.15) is 0 Å². The summed E-state index contributed by atoms with van der Waals surface area (Å²) in [6, 6.07) is 4.70. The second kappa shape index (κ2) is 3.67. The molecule has 0 bridgehead atoms. The normalized spacial score (nSPS) is 10.1. The summed E-state index contributed by atoms with van der Waals surface area (Å²) in [5.74, 6) is -0.427. The van der Waals surface area contributed by atoms with Crippen molar-refractivity contribution < 1.29 is 4.39 Å². The summed E-state index contributed by atoms with van der Waals surface area (Å²) in [5, 5.41) is 7.67. The van der Waals surface area contributed by atoms with E-state index >= 15 is 0 Å². The monoisotopic (exact) mass is 209 g/mol. The van der Waals surface area contributed by atoms with Gasteiger partial charge in [0.15, 0.2) is 11.0 Å². The third-order valence-electron chi connectivity index (χ3n) is 1.68. The quantitative estimate of drug-likeness (QED) is 0.724. The first-order valence-electron chi connectivity index (χ1n) is 3.86. The van der Waals surface area contributed by atoms with Crippen molar-refractivity contribution in [3.05, 3.63) is 41.6 Å². The number of halogens is 2. The Bertz CT molecular complexity index is 444. The van der Waals surface area contributed by atoms with Crippen molar-refractivity contribution in [3.8, 4) is 11.3 Å². The van der Waals surface area contributed by atoms with E-state index in [2.05, 4.69) is 15.2 Å². The van der Waals surface area contributed by atoms with Crippen LogP contribution in [0.3, 0.4) is 0 Å². The van der Waals surface area contributed by atoms with E-state index in [1.54, 1.807) is 12.1 Å².